The molecule has 8 heteroatoms. The fraction of sp³-hybridized carbons (Fsp3) is 0.500. The zero-order valence-corrected chi connectivity index (χ0v) is 18.8. The van der Waals surface area contributed by atoms with E-state index < -0.39 is 17.8 Å². The Balaban J connectivity index is 1.92. The largest absolute Gasteiger partial charge is 0.463 e. The van der Waals surface area contributed by atoms with E-state index in [0.717, 1.165) is 11.2 Å². The van der Waals surface area contributed by atoms with Crippen LogP contribution < -0.4 is 5.73 Å². The second-order valence-electron chi connectivity index (χ2n) is 9.08. The van der Waals surface area contributed by atoms with Gasteiger partial charge in [0.2, 0.25) is 0 Å². The van der Waals surface area contributed by atoms with Crippen molar-refractivity contribution in [3.05, 3.63) is 47.7 Å². The van der Waals surface area contributed by atoms with Gasteiger partial charge in [-0.25, -0.2) is 9.78 Å². The summed E-state index contributed by atoms with van der Waals surface area (Å²) in [4.78, 5) is 36.1. The fourth-order valence-electron chi connectivity index (χ4n) is 4.79. The predicted octanol–water partition coefficient (Wildman–Crippen LogP) is 2.67. The smallest absolute Gasteiger partial charge is 0.336 e. The molecule has 0 bridgehead atoms. The van der Waals surface area contributed by atoms with Crippen LogP contribution in [0.4, 0.5) is 0 Å². The molecule has 0 aromatic carbocycles. The molecule has 8 nitrogen and oxygen atoms in total. The number of nitrogens with two attached hydrogens (primary N) is 1. The van der Waals surface area contributed by atoms with Crippen molar-refractivity contribution in [1.29, 1.82) is 0 Å². The number of fused-ring (bicyclic) bond motifs is 2. The van der Waals surface area contributed by atoms with Crippen LogP contribution in [0.3, 0.4) is 0 Å². The standard InChI is InChI=1S/C24H30N4O4/c1-4-32-23(30)20-17(14-31-10-8-25)27-16-11-24(2,3)12-18(29)19(16)21(20)22-26-13-15-7-5-6-9-28(15)22/h5-7,9,13,19,21H,4,8,10-12,14,25H2,1-3H3. The highest BCUT2D eigenvalue weighted by Gasteiger charge is 2.49. The van der Waals surface area contributed by atoms with E-state index in [9.17, 15) is 9.59 Å². The molecule has 170 valence electrons. The van der Waals surface area contributed by atoms with Crippen LogP contribution in [-0.2, 0) is 19.1 Å². The van der Waals surface area contributed by atoms with E-state index in [4.69, 9.17) is 20.2 Å². The van der Waals surface area contributed by atoms with E-state index in [1.165, 1.54) is 0 Å². The Bertz CT molecular complexity index is 1100. The number of Topliss-reactive ketones (excluding diaryl/α,β-unsaturated/α-hetero) is 1. The lowest BCUT2D eigenvalue weighted by atomic mass is 9.64. The number of aliphatic imine (C=N–C) groups is 1. The first kappa shape index (κ1) is 22.4. The average Bonchev–Trinajstić information content (AvgIpc) is 3.16. The first-order valence-electron chi connectivity index (χ1n) is 11.1. The molecule has 1 aliphatic carbocycles. The number of nitrogens with zero attached hydrogens (tertiary/aromatic N) is 3. The van der Waals surface area contributed by atoms with Crippen LogP contribution >= 0.6 is 0 Å². The normalized spacial score (nSPS) is 22.6. The van der Waals surface area contributed by atoms with Gasteiger partial charge in [-0.15, -0.1) is 0 Å². The van der Waals surface area contributed by atoms with Gasteiger partial charge in [0.25, 0.3) is 0 Å². The summed E-state index contributed by atoms with van der Waals surface area (Å²) in [7, 11) is 0. The van der Waals surface area contributed by atoms with Gasteiger partial charge in [-0.2, -0.15) is 0 Å². The summed E-state index contributed by atoms with van der Waals surface area (Å²) in [5, 5.41) is 0. The number of pyridine rings is 1. The Hall–Kier alpha value is -2.84. The molecule has 2 aliphatic rings. The molecule has 3 heterocycles. The average molecular weight is 439 g/mol. The molecule has 0 radical (unpaired) electrons. The third-order valence-corrected chi connectivity index (χ3v) is 5.99. The maximum Gasteiger partial charge on any atom is 0.336 e. The highest BCUT2D eigenvalue weighted by Crippen LogP contribution is 2.46. The van der Waals surface area contributed by atoms with Crippen LogP contribution in [0.5, 0.6) is 0 Å². The van der Waals surface area contributed by atoms with Crippen molar-refractivity contribution in [3.63, 3.8) is 0 Å². The number of esters is 1. The van der Waals surface area contributed by atoms with Gasteiger partial charge >= 0.3 is 5.97 Å². The van der Waals surface area contributed by atoms with E-state index in [1.54, 1.807) is 13.1 Å². The van der Waals surface area contributed by atoms with Crippen LogP contribution in [0, 0.1) is 11.3 Å². The van der Waals surface area contributed by atoms with Crippen molar-refractivity contribution in [1.82, 2.24) is 9.38 Å². The van der Waals surface area contributed by atoms with Gasteiger partial charge in [-0.3, -0.25) is 9.79 Å². The summed E-state index contributed by atoms with van der Waals surface area (Å²) in [6, 6.07) is 5.77. The highest BCUT2D eigenvalue weighted by atomic mass is 16.5. The second kappa shape index (κ2) is 8.96. The van der Waals surface area contributed by atoms with E-state index >= 15 is 0 Å². The molecule has 0 spiro atoms. The molecule has 2 N–H and O–H groups in total. The molecule has 2 atom stereocenters. The topological polar surface area (TPSA) is 108 Å². The SMILES string of the molecule is CCOC(=O)C1=C(COCCN)N=C2CC(C)(C)CC(=O)C2C1c1ncc2ccccn12. The number of aromatic nitrogens is 2. The highest BCUT2D eigenvalue weighted by molar-refractivity contribution is 6.12. The number of carbonyl (C=O) groups is 2. The molecule has 32 heavy (non-hydrogen) atoms. The third kappa shape index (κ3) is 4.12. The Morgan fingerprint density at radius 2 is 2.09 bits per heavy atom. The fourth-order valence-corrected chi connectivity index (χ4v) is 4.79. The number of hydrogen-bond donors (Lipinski definition) is 1. The minimum atomic E-state index is -0.591. The molecule has 0 amide bonds. The Morgan fingerprint density at radius 1 is 1.28 bits per heavy atom. The van der Waals surface area contributed by atoms with Crippen molar-refractivity contribution in [2.45, 2.75) is 39.5 Å². The zero-order chi connectivity index (χ0) is 22.9. The summed E-state index contributed by atoms with van der Waals surface area (Å²) in [5.41, 5.74) is 7.90. The van der Waals surface area contributed by atoms with Gasteiger partial charge in [0.1, 0.15) is 11.6 Å². The first-order valence-corrected chi connectivity index (χ1v) is 11.1. The summed E-state index contributed by atoms with van der Waals surface area (Å²) in [6.45, 7) is 6.94. The molecule has 1 aliphatic heterocycles. The molecule has 1 fully saturated rings. The summed E-state index contributed by atoms with van der Waals surface area (Å²) >= 11 is 0. The van der Waals surface area contributed by atoms with E-state index in [-0.39, 0.29) is 24.4 Å². The van der Waals surface area contributed by atoms with Crippen LogP contribution in [-0.4, -0.2) is 53.2 Å². The maximum atomic E-state index is 13.4. The monoisotopic (exact) mass is 438 g/mol. The van der Waals surface area contributed by atoms with Gasteiger partial charge in [0, 0.05) is 24.9 Å². The van der Waals surface area contributed by atoms with Crippen molar-refractivity contribution in [2.24, 2.45) is 22.1 Å². The lowest BCUT2D eigenvalue weighted by Crippen LogP contribution is -2.45. The minimum Gasteiger partial charge on any atom is -0.463 e. The van der Waals surface area contributed by atoms with E-state index in [2.05, 4.69) is 18.8 Å². The molecule has 2 aromatic rings. The number of carbonyl (C=O) groups excluding carboxylic acids is 2. The quantitative estimate of drug-likeness (QED) is 0.526. The molecule has 0 saturated heterocycles. The molecular weight excluding hydrogens is 408 g/mol. The summed E-state index contributed by atoms with van der Waals surface area (Å²) in [5.74, 6) is -0.929. The number of ether oxygens (including phenoxy) is 2. The van der Waals surface area contributed by atoms with Gasteiger partial charge in [0.05, 0.1) is 54.6 Å². The van der Waals surface area contributed by atoms with Crippen molar-refractivity contribution in [3.8, 4) is 0 Å². The van der Waals surface area contributed by atoms with Gasteiger partial charge < -0.3 is 19.6 Å². The lowest BCUT2D eigenvalue weighted by molar-refractivity contribution is -0.139. The molecule has 2 unspecified atom stereocenters. The van der Waals surface area contributed by atoms with Gasteiger partial charge in [0.15, 0.2) is 0 Å². The van der Waals surface area contributed by atoms with Gasteiger partial charge in [-0.05, 0) is 30.9 Å². The lowest BCUT2D eigenvalue weighted by Gasteiger charge is -2.40. The van der Waals surface area contributed by atoms with E-state index in [1.807, 2.05) is 28.8 Å². The van der Waals surface area contributed by atoms with Crippen LogP contribution in [0.1, 0.15) is 45.4 Å². The number of rotatable bonds is 7. The van der Waals surface area contributed by atoms with Gasteiger partial charge in [-0.1, -0.05) is 19.9 Å². The second-order valence-corrected chi connectivity index (χ2v) is 9.08. The molecule has 1 saturated carbocycles. The third-order valence-electron chi connectivity index (χ3n) is 5.99. The van der Waals surface area contributed by atoms with Crippen molar-refractivity contribution >= 4 is 23.0 Å². The number of imidazole rings is 1. The Labute approximate surface area is 187 Å². The summed E-state index contributed by atoms with van der Waals surface area (Å²) < 4.78 is 13.0. The predicted molar refractivity (Wildman–Crippen MR) is 120 cm³/mol. The molecule has 4 rings (SSSR count). The molecule has 2 aromatic heterocycles. The number of ketones is 1. The van der Waals surface area contributed by atoms with Crippen LogP contribution in [0.2, 0.25) is 0 Å². The maximum absolute atomic E-state index is 13.4. The Morgan fingerprint density at radius 3 is 2.84 bits per heavy atom. The first-order chi connectivity index (χ1) is 15.4. The van der Waals surface area contributed by atoms with E-state index in [0.29, 0.717) is 43.1 Å². The van der Waals surface area contributed by atoms with Crippen molar-refractivity contribution < 1.29 is 19.1 Å². The van der Waals surface area contributed by atoms with Crippen LogP contribution in [0.25, 0.3) is 5.52 Å². The van der Waals surface area contributed by atoms with Crippen LogP contribution in [0.15, 0.2) is 46.9 Å². The van der Waals surface area contributed by atoms with Crippen molar-refractivity contribution in [2.75, 3.05) is 26.4 Å². The zero-order valence-electron chi connectivity index (χ0n) is 18.8. The Kier molecular flexibility index (Phi) is 6.26. The minimum absolute atomic E-state index is 0.0707. The summed E-state index contributed by atoms with van der Waals surface area (Å²) in [6.07, 6.45) is 4.74. The number of hydrogen-bond acceptors (Lipinski definition) is 7. The molecular formula is C24H30N4O4.